The summed E-state index contributed by atoms with van der Waals surface area (Å²) in [5.74, 6) is -1.32. The molecule has 0 amide bonds. The van der Waals surface area contributed by atoms with Crippen LogP contribution in [0.4, 0.5) is 5.69 Å². The van der Waals surface area contributed by atoms with Gasteiger partial charge in [0.15, 0.2) is 0 Å². The molecule has 1 aromatic carbocycles. The standard InChI is InChI=1S/C12H8BrClN2O4S/c13-10-5-8(4-9(11(10)14)12(17)18)21(19,20)16-7-2-1-3-15-6-7/h1-6,16H,(H,17,18). The average molecular weight is 392 g/mol. The molecule has 6 nitrogen and oxygen atoms in total. The summed E-state index contributed by atoms with van der Waals surface area (Å²) in [6.45, 7) is 0. The van der Waals surface area contributed by atoms with E-state index in [-0.39, 0.29) is 25.6 Å². The molecule has 2 aromatic rings. The molecule has 0 aliphatic heterocycles. The first kappa shape index (κ1) is 15.7. The molecule has 0 bridgehead atoms. The Kier molecular flexibility index (Phi) is 4.50. The minimum Gasteiger partial charge on any atom is -0.478 e. The van der Waals surface area contributed by atoms with Crippen molar-refractivity contribution >= 4 is 49.2 Å². The lowest BCUT2D eigenvalue weighted by Gasteiger charge is -2.10. The number of benzene rings is 1. The maximum Gasteiger partial charge on any atom is 0.337 e. The van der Waals surface area contributed by atoms with Crippen molar-refractivity contribution in [1.29, 1.82) is 0 Å². The van der Waals surface area contributed by atoms with Gasteiger partial charge in [0.05, 0.1) is 27.4 Å². The van der Waals surface area contributed by atoms with E-state index in [1.54, 1.807) is 6.07 Å². The summed E-state index contributed by atoms with van der Waals surface area (Å²) in [7, 11) is -3.95. The number of carboxylic acid groups (broad SMARTS) is 1. The van der Waals surface area contributed by atoms with Gasteiger partial charge in [-0.05, 0) is 40.2 Å². The minimum absolute atomic E-state index is 0.0668. The normalized spacial score (nSPS) is 11.1. The molecule has 1 aromatic heterocycles. The molecule has 0 saturated carbocycles. The summed E-state index contributed by atoms with van der Waals surface area (Å²) < 4.78 is 27.0. The van der Waals surface area contributed by atoms with Gasteiger partial charge in [-0.25, -0.2) is 13.2 Å². The fourth-order valence-corrected chi connectivity index (χ4v) is 3.41. The van der Waals surface area contributed by atoms with Gasteiger partial charge >= 0.3 is 5.97 Å². The van der Waals surface area contributed by atoms with Crippen LogP contribution in [0.5, 0.6) is 0 Å². The van der Waals surface area contributed by atoms with Gasteiger partial charge in [0.25, 0.3) is 10.0 Å². The van der Waals surface area contributed by atoms with Gasteiger partial charge in [0, 0.05) is 10.7 Å². The first-order valence-corrected chi connectivity index (χ1v) is 8.12. The van der Waals surface area contributed by atoms with Crippen molar-refractivity contribution < 1.29 is 18.3 Å². The number of aromatic nitrogens is 1. The molecule has 2 rings (SSSR count). The van der Waals surface area contributed by atoms with Crippen molar-refractivity contribution in [1.82, 2.24) is 4.98 Å². The van der Waals surface area contributed by atoms with E-state index < -0.39 is 16.0 Å². The second-order valence-electron chi connectivity index (χ2n) is 3.92. The van der Waals surface area contributed by atoms with Crippen LogP contribution in [0.3, 0.4) is 0 Å². The highest BCUT2D eigenvalue weighted by Gasteiger charge is 2.21. The molecule has 0 saturated heterocycles. The van der Waals surface area contributed by atoms with Gasteiger partial charge in [0.2, 0.25) is 0 Å². The molecule has 0 unspecified atom stereocenters. The monoisotopic (exact) mass is 390 g/mol. The van der Waals surface area contributed by atoms with Gasteiger partial charge in [-0.15, -0.1) is 0 Å². The van der Waals surface area contributed by atoms with E-state index in [9.17, 15) is 13.2 Å². The first-order chi connectivity index (χ1) is 9.81. The van der Waals surface area contributed by atoms with Crippen LogP contribution in [0.1, 0.15) is 10.4 Å². The minimum atomic E-state index is -3.95. The molecule has 110 valence electrons. The molecular weight excluding hydrogens is 384 g/mol. The number of carboxylic acids is 1. The number of hydrogen-bond donors (Lipinski definition) is 2. The van der Waals surface area contributed by atoms with Crippen molar-refractivity contribution in [2.24, 2.45) is 0 Å². The molecule has 2 N–H and O–H groups in total. The SMILES string of the molecule is O=C(O)c1cc(S(=O)(=O)Nc2cccnc2)cc(Br)c1Cl. The number of nitrogens with zero attached hydrogens (tertiary/aromatic N) is 1. The Hall–Kier alpha value is -1.64. The number of rotatable bonds is 4. The highest BCUT2D eigenvalue weighted by atomic mass is 79.9. The largest absolute Gasteiger partial charge is 0.478 e. The number of halogens is 2. The third-order valence-electron chi connectivity index (χ3n) is 2.46. The van der Waals surface area contributed by atoms with Crippen LogP contribution in [-0.4, -0.2) is 24.5 Å². The summed E-state index contributed by atoms with van der Waals surface area (Å²) in [5, 5.41) is 8.97. The number of anilines is 1. The number of carbonyl (C=O) groups is 1. The summed E-state index contributed by atoms with van der Waals surface area (Å²) in [4.78, 5) is 14.6. The van der Waals surface area contributed by atoms with Crippen molar-refractivity contribution in [2.45, 2.75) is 4.90 Å². The zero-order valence-corrected chi connectivity index (χ0v) is 13.4. The van der Waals surface area contributed by atoms with Crippen molar-refractivity contribution in [3.05, 3.63) is 51.7 Å². The van der Waals surface area contributed by atoms with Crippen molar-refractivity contribution in [2.75, 3.05) is 4.72 Å². The first-order valence-electron chi connectivity index (χ1n) is 5.46. The lowest BCUT2D eigenvalue weighted by atomic mass is 10.2. The molecule has 9 heteroatoms. The van der Waals surface area contributed by atoms with E-state index in [4.69, 9.17) is 16.7 Å². The van der Waals surface area contributed by atoms with Crippen LogP contribution < -0.4 is 4.72 Å². The molecule has 1 heterocycles. The van der Waals surface area contributed by atoms with Crippen LogP contribution in [0.15, 0.2) is 46.0 Å². The lowest BCUT2D eigenvalue weighted by molar-refractivity contribution is 0.0696. The molecule has 0 spiro atoms. The predicted molar refractivity (Wildman–Crippen MR) is 81.2 cm³/mol. The van der Waals surface area contributed by atoms with Crippen LogP contribution in [0.2, 0.25) is 5.02 Å². The topological polar surface area (TPSA) is 96.4 Å². The van der Waals surface area contributed by atoms with Crippen molar-refractivity contribution in [3.8, 4) is 0 Å². The van der Waals surface area contributed by atoms with E-state index in [2.05, 4.69) is 25.6 Å². The number of sulfonamides is 1. The van der Waals surface area contributed by atoms with Gasteiger partial charge in [-0.2, -0.15) is 0 Å². The Balaban J connectivity index is 2.48. The smallest absolute Gasteiger partial charge is 0.337 e. The third-order valence-corrected chi connectivity index (χ3v) is 5.08. The Labute approximate surface area is 134 Å². The van der Waals surface area contributed by atoms with Gasteiger partial charge in [0.1, 0.15) is 0 Å². The maximum atomic E-state index is 12.2. The fraction of sp³-hybridized carbons (Fsp3) is 0. The van der Waals surface area contributed by atoms with Gasteiger partial charge < -0.3 is 5.11 Å². The highest BCUT2D eigenvalue weighted by Crippen LogP contribution is 2.30. The number of pyridine rings is 1. The third kappa shape index (κ3) is 3.52. The summed E-state index contributed by atoms with van der Waals surface area (Å²) >= 11 is 8.86. The molecule has 0 atom stereocenters. The Morgan fingerprint density at radius 3 is 2.67 bits per heavy atom. The predicted octanol–water partition coefficient (Wildman–Crippen LogP) is 3.00. The molecule has 0 radical (unpaired) electrons. The van der Waals surface area contributed by atoms with Gasteiger partial charge in [-0.1, -0.05) is 11.6 Å². The molecule has 0 aliphatic carbocycles. The van der Waals surface area contributed by atoms with Crippen LogP contribution in [0.25, 0.3) is 0 Å². The Morgan fingerprint density at radius 1 is 1.38 bits per heavy atom. The molecule has 21 heavy (non-hydrogen) atoms. The van der Waals surface area contributed by atoms with Crippen LogP contribution in [-0.2, 0) is 10.0 Å². The number of hydrogen-bond acceptors (Lipinski definition) is 4. The molecular formula is C12H8BrClN2O4S. The second kappa shape index (κ2) is 6.00. The van der Waals surface area contributed by atoms with Crippen LogP contribution >= 0.6 is 27.5 Å². The average Bonchev–Trinajstić information content (AvgIpc) is 2.41. The van der Waals surface area contributed by atoms with E-state index in [0.717, 1.165) is 6.07 Å². The van der Waals surface area contributed by atoms with E-state index in [0.29, 0.717) is 0 Å². The summed E-state index contributed by atoms with van der Waals surface area (Å²) in [6, 6.07) is 5.31. The van der Waals surface area contributed by atoms with E-state index in [1.807, 2.05) is 0 Å². The summed E-state index contributed by atoms with van der Waals surface area (Å²) in [6.07, 6.45) is 2.83. The maximum absolute atomic E-state index is 12.2. The zero-order valence-electron chi connectivity index (χ0n) is 10.2. The molecule has 0 aliphatic rings. The fourth-order valence-electron chi connectivity index (χ4n) is 1.51. The van der Waals surface area contributed by atoms with Crippen molar-refractivity contribution in [3.63, 3.8) is 0 Å². The number of nitrogens with one attached hydrogen (secondary N) is 1. The second-order valence-corrected chi connectivity index (χ2v) is 6.83. The van der Waals surface area contributed by atoms with E-state index >= 15 is 0 Å². The van der Waals surface area contributed by atoms with Crippen LogP contribution in [0, 0.1) is 0 Å². The van der Waals surface area contributed by atoms with E-state index in [1.165, 1.54) is 24.5 Å². The highest BCUT2D eigenvalue weighted by molar-refractivity contribution is 9.10. The Bertz CT molecular complexity index is 796. The lowest BCUT2D eigenvalue weighted by Crippen LogP contribution is -2.14. The van der Waals surface area contributed by atoms with Gasteiger partial charge in [-0.3, -0.25) is 9.71 Å². The molecule has 0 fully saturated rings. The quantitative estimate of drug-likeness (QED) is 0.835. The number of aromatic carboxylic acids is 1. The Morgan fingerprint density at radius 2 is 2.10 bits per heavy atom. The summed E-state index contributed by atoms with van der Waals surface area (Å²) in [5.41, 5.74) is -0.0435. The zero-order chi connectivity index (χ0) is 15.6.